The molecule has 3 nitrogen and oxygen atoms in total. The summed E-state index contributed by atoms with van der Waals surface area (Å²) in [4.78, 5) is 12.7. The fourth-order valence-corrected chi connectivity index (χ4v) is 5.81. The molecule has 4 rings (SSSR count). The van der Waals surface area contributed by atoms with Crippen LogP contribution in [-0.4, -0.2) is 17.1 Å². The second-order valence-corrected chi connectivity index (χ2v) is 10.1. The normalized spacial score (nSPS) is 13.3. The zero-order valence-corrected chi connectivity index (χ0v) is 18.7. The second kappa shape index (κ2) is 8.56. The van der Waals surface area contributed by atoms with Crippen molar-refractivity contribution in [2.24, 2.45) is 0 Å². The second-order valence-electron chi connectivity index (χ2n) is 6.78. The van der Waals surface area contributed by atoms with E-state index in [0.29, 0.717) is 12.2 Å². The van der Waals surface area contributed by atoms with E-state index in [2.05, 4.69) is 76.6 Å². The van der Waals surface area contributed by atoms with Crippen LogP contribution in [0.25, 0.3) is 25.1 Å². The Morgan fingerprint density at radius 1 is 0.931 bits per heavy atom. The van der Waals surface area contributed by atoms with Crippen LogP contribution in [0.1, 0.15) is 20.3 Å². The molecule has 2 atom stereocenters. The highest BCUT2D eigenvalue weighted by molar-refractivity contribution is 9.10. The van der Waals surface area contributed by atoms with Gasteiger partial charge in [0.2, 0.25) is 6.29 Å². The van der Waals surface area contributed by atoms with E-state index in [0.717, 1.165) is 0 Å². The Balaban J connectivity index is 1.65. The van der Waals surface area contributed by atoms with Crippen molar-refractivity contribution in [3.8, 4) is 10.6 Å². The van der Waals surface area contributed by atoms with Crippen LogP contribution in [-0.2, 0) is 9.53 Å². The van der Waals surface area contributed by atoms with Crippen molar-refractivity contribution >= 4 is 52.5 Å². The number of thiophene rings is 1. The van der Waals surface area contributed by atoms with Gasteiger partial charge in [0.25, 0.3) is 0 Å². The lowest BCUT2D eigenvalue weighted by Gasteiger charge is -2.18. The molecule has 0 saturated heterocycles. The number of hydrogen-bond acceptors (Lipinski definition) is 3. The van der Waals surface area contributed by atoms with Crippen molar-refractivity contribution in [2.75, 3.05) is 0 Å². The van der Waals surface area contributed by atoms with E-state index in [1.54, 1.807) is 6.92 Å². The van der Waals surface area contributed by atoms with E-state index < -0.39 is 6.29 Å². The van der Waals surface area contributed by atoms with Crippen LogP contribution in [0.15, 0.2) is 72.8 Å². The third-order valence-electron chi connectivity index (χ3n) is 4.74. The molecule has 3 aromatic carbocycles. The summed E-state index contributed by atoms with van der Waals surface area (Å²) >= 11 is 3.23. The number of hydrogen-bond donors (Lipinski definition) is 0. The predicted octanol–water partition coefficient (Wildman–Crippen LogP) is 7.17. The number of carbonyl (C=O) groups is 1. The largest absolute Gasteiger partial charge is 0.455 e. The third-order valence-corrected chi connectivity index (χ3v) is 7.45. The van der Waals surface area contributed by atoms with Gasteiger partial charge in [-0.1, -0.05) is 47.1 Å². The lowest BCUT2D eigenvalue weighted by molar-refractivity contribution is -0.162. The Morgan fingerprint density at radius 2 is 1.48 bits per heavy atom. The van der Waals surface area contributed by atoms with Crippen LogP contribution < -0.4 is 4.74 Å². The lowest BCUT2D eigenvalue weighted by Crippen LogP contribution is -2.27. The minimum atomic E-state index is -0.594. The number of carbonyl (C=O) groups excluding carboxylic acids is 1. The minimum absolute atomic E-state index is 0.126. The van der Waals surface area contributed by atoms with Gasteiger partial charge in [0.05, 0.1) is 0 Å². The van der Waals surface area contributed by atoms with Gasteiger partial charge in [0, 0.05) is 39.8 Å². The molecule has 0 bridgehead atoms. The van der Waals surface area contributed by atoms with Crippen LogP contribution in [0.2, 0.25) is 0 Å². The average Bonchev–Trinajstić information content (AvgIpc) is 3.08. The molecule has 0 aliphatic heterocycles. The summed E-state index contributed by atoms with van der Waals surface area (Å²) < 4.78 is 14.0. The van der Waals surface area contributed by atoms with Gasteiger partial charge < -0.3 is 9.47 Å². The SMILES string of the molecule is CCC(OC(=O)C(C)Br)Oc1ccc(-[s+]2c3ccccc3c3ccccc32)cc1. The van der Waals surface area contributed by atoms with Crippen molar-refractivity contribution in [1.29, 1.82) is 0 Å². The van der Waals surface area contributed by atoms with Gasteiger partial charge >= 0.3 is 5.97 Å². The first-order valence-corrected chi connectivity index (χ1v) is 11.8. The maximum absolute atomic E-state index is 11.8. The summed E-state index contributed by atoms with van der Waals surface area (Å²) in [7, 11) is -0.126. The van der Waals surface area contributed by atoms with Crippen molar-refractivity contribution in [3.05, 3.63) is 72.8 Å². The summed E-state index contributed by atoms with van der Waals surface area (Å²) in [5.74, 6) is 0.370. The first kappa shape index (κ1) is 19.9. The highest BCUT2D eigenvalue weighted by atomic mass is 79.9. The fraction of sp³-hybridized carbons (Fsp3) is 0.208. The van der Waals surface area contributed by atoms with Crippen molar-refractivity contribution in [1.82, 2.24) is 0 Å². The number of ether oxygens (including phenoxy) is 2. The van der Waals surface area contributed by atoms with E-state index in [4.69, 9.17) is 9.47 Å². The highest BCUT2D eigenvalue weighted by Gasteiger charge is 2.23. The number of halogens is 1. The maximum atomic E-state index is 11.8. The number of fused-ring (bicyclic) bond motifs is 3. The van der Waals surface area contributed by atoms with Gasteiger partial charge in [-0.25, -0.2) is 0 Å². The summed E-state index contributed by atoms with van der Waals surface area (Å²) in [5.41, 5.74) is 0. The Morgan fingerprint density at radius 3 is 2.00 bits per heavy atom. The first-order chi connectivity index (χ1) is 14.1. The zero-order valence-electron chi connectivity index (χ0n) is 16.3. The number of rotatable bonds is 6. The molecule has 1 heterocycles. The van der Waals surface area contributed by atoms with Crippen LogP contribution in [0, 0.1) is 0 Å². The molecule has 0 saturated carbocycles. The van der Waals surface area contributed by atoms with E-state index in [9.17, 15) is 4.79 Å². The molecule has 0 N–H and O–H groups in total. The fourth-order valence-electron chi connectivity index (χ4n) is 3.33. The molecule has 0 spiro atoms. The van der Waals surface area contributed by atoms with Gasteiger partial charge in [-0.2, -0.15) is 0 Å². The van der Waals surface area contributed by atoms with Gasteiger partial charge in [0.1, 0.15) is 10.6 Å². The van der Waals surface area contributed by atoms with Gasteiger partial charge in [-0.05, 0) is 43.3 Å². The molecule has 0 fully saturated rings. The number of esters is 1. The molecule has 0 aliphatic carbocycles. The van der Waals surface area contributed by atoms with Crippen LogP contribution in [0.3, 0.4) is 0 Å². The van der Waals surface area contributed by atoms with Gasteiger partial charge in [-0.15, -0.1) is 0 Å². The summed E-state index contributed by atoms with van der Waals surface area (Å²) in [6.45, 7) is 3.67. The molecule has 148 valence electrons. The third kappa shape index (κ3) is 4.02. The first-order valence-electron chi connectivity index (χ1n) is 9.62. The standard InChI is InChI=1S/C24H22BrO3S/c1-3-23(28-24(26)16(2)25)27-17-12-14-18(15-13-17)29-21-10-6-4-8-19(21)20-9-5-7-11-22(20)29/h4-16,23H,3H2,1-2H3/q+1. The van der Waals surface area contributed by atoms with E-state index in [-0.39, 0.29) is 21.3 Å². The molecule has 0 radical (unpaired) electrons. The summed E-state index contributed by atoms with van der Waals surface area (Å²) in [6.07, 6.45) is -0.0121. The van der Waals surface area contributed by atoms with Gasteiger partial charge in [0.15, 0.2) is 14.3 Å². The summed E-state index contributed by atoms with van der Waals surface area (Å²) in [6, 6.07) is 25.4. The average molecular weight is 470 g/mol. The predicted molar refractivity (Wildman–Crippen MR) is 124 cm³/mol. The number of alkyl halides is 1. The molecule has 29 heavy (non-hydrogen) atoms. The Labute approximate surface area is 181 Å². The molecule has 4 aromatic rings. The number of benzene rings is 3. The molecule has 1 aromatic heterocycles. The van der Waals surface area contributed by atoms with E-state index >= 15 is 0 Å². The van der Waals surface area contributed by atoms with Crippen molar-refractivity contribution < 1.29 is 14.3 Å². The maximum Gasteiger partial charge on any atom is 0.322 e. The zero-order chi connectivity index (χ0) is 20.4. The minimum Gasteiger partial charge on any atom is -0.455 e. The summed E-state index contributed by atoms with van der Waals surface area (Å²) in [5, 5.41) is 2.63. The van der Waals surface area contributed by atoms with E-state index in [1.807, 2.05) is 19.1 Å². The van der Waals surface area contributed by atoms with Crippen LogP contribution in [0.5, 0.6) is 5.75 Å². The molecule has 2 unspecified atom stereocenters. The lowest BCUT2D eigenvalue weighted by atomic mass is 10.2. The van der Waals surface area contributed by atoms with E-state index in [1.165, 1.54) is 25.1 Å². The molecule has 0 aliphatic rings. The van der Waals surface area contributed by atoms with Crippen molar-refractivity contribution in [2.45, 2.75) is 31.4 Å². The Kier molecular flexibility index (Phi) is 5.88. The highest BCUT2D eigenvalue weighted by Crippen LogP contribution is 2.48. The van der Waals surface area contributed by atoms with Crippen LogP contribution >= 0.6 is 26.4 Å². The Hall–Kier alpha value is -2.37. The van der Waals surface area contributed by atoms with Crippen LogP contribution in [0.4, 0.5) is 0 Å². The molecular weight excluding hydrogens is 448 g/mol. The van der Waals surface area contributed by atoms with Crippen molar-refractivity contribution in [3.63, 3.8) is 0 Å². The smallest absolute Gasteiger partial charge is 0.322 e. The quantitative estimate of drug-likeness (QED) is 0.130. The molecule has 0 amide bonds. The Bertz CT molecular complexity index is 1090. The monoisotopic (exact) mass is 469 g/mol. The topological polar surface area (TPSA) is 35.5 Å². The van der Waals surface area contributed by atoms with Gasteiger partial charge in [-0.3, -0.25) is 4.79 Å². The molecular formula is C24H22BrO3S+. The molecule has 5 heteroatoms.